The maximum absolute atomic E-state index is 12.2. The van der Waals surface area contributed by atoms with Crippen LogP contribution in [-0.2, 0) is 4.79 Å². The first-order valence-electron chi connectivity index (χ1n) is 7.73. The van der Waals surface area contributed by atoms with E-state index in [1.165, 1.54) is 0 Å². The minimum Gasteiger partial charge on any atom is -0.343 e. The fraction of sp³-hybridized carbons (Fsp3) is 0.938. The molecule has 2 N–H and O–H groups in total. The standard InChI is InChI=1S/C16H34N2O/c1-7-14(8-2)18(6)15(19)10-9-13(11-12-17)16(3,4)5/h13-14H,7-12,17H2,1-6H3. The molecule has 1 atom stereocenters. The third kappa shape index (κ3) is 6.42. The summed E-state index contributed by atoms with van der Waals surface area (Å²) in [5, 5.41) is 0. The number of carbonyl (C=O) groups excluding carboxylic acids is 1. The van der Waals surface area contributed by atoms with Crippen LogP contribution in [0.15, 0.2) is 0 Å². The average Bonchev–Trinajstić information content (AvgIpc) is 2.33. The molecule has 1 amide bonds. The van der Waals surface area contributed by atoms with E-state index in [0.29, 0.717) is 24.9 Å². The van der Waals surface area contributed by atoms with Gasteiger partial charge in [0.15, 0.2) is 0 Å². The van der Waals surface area contributed by atoms with E-state index in [1.807, 2.05) is 11.9 Å². The smallest absolute Gasteiger partial charge is 0.222 e. The molecular weight excluding hydrogens is 236 g/mol. The fourth-order valence-electron chi connectivity index (χ4n) is 2.73. The SMILES string of the molecule is CCC(CC)N(C)C(=O)CCC(CCN)C(C)(C)C. The highest BCUT2D eigenvalue weighted by atomic mass is 16.2. The van der Waals surface area contributed by atoms with Gasteiger partial charge in [-0.1, -0.05) is 34.6 Å². The Balaban J connectivity index is 4.40. The number of amides is 1. The molecule has 0 bridgehead atoms. The number of rotatable bonds is 8. The highest BCUT2D eigenvalue weighted by Crippen LogP contribution is 2.32. The lowest BCUT2D eigenvalue weighted by Crippen LogP contribution is -2.36. The van der Waals surface area contributed by atoms with Crippen LogP contribution in [0, 0.1) is 11.3 Å². The third-order valence-electron chi connectivity index (χ3n) is 4.33. The monoisotopic (exact) mass is 270 g/mol. The van der Waals surface area contributed by atoms with Gasteiger partial charge in [-0.25, -0.2) is 0 Å². The van der Waals surface area contributed by atoms with Crippen molar-refractivity contribution < 1.29 is 4.79 Å². The highest BCUT2D eigenvalue weighted by molar-refractivity contribution is 5.76. The Morgan fingerprint density at radius 3 is 2.05 bits per heavy atom. The summed E-state index contributed by atoms with van der Waals surface area (Å²) in [6, 6.07) is 0.384. The highest BCUT2D eigenvalue weighted by Gasteiger charge is 2.25. The second-order valence-electron chi connectivity index (χ2n) is 6.65. The molecule has 1 unspecified atom stereocenters. The molecule has 0 radical (unpaired) electrons. The second kappa shape index (κ2) is 8.57. The van der Waals surface area contributed by atoms with Gasteiger partial charge in [0.1, 0.15) is 0 Å². The van der Waals surface area contributed by atoms with Crippen molar-refractivity contribution in [1.82, 2.24) is 4.90 Å². The first-order chi connectivity index (χ1) is 8.77. The van der Waals surface area contributed by atoms with Crippen LogP contribution in [0.1, 0.15) is 66.7 Å². The normalized spacial score (nSPS) is 13.7. The van der Waals surface area contributed by atoms with Crippen molar-refractivity contribution in [3.05, 3.63) is 0 Å². The average molecular weight is 270 g/mol. The molecule has 0 aliphatic rings. The van der Waals surface area contributed by atoms with Crippen LogP contribution < -0.4 is 5.73 Å². The zero-order valence-corrected chi connectivity index (χ0v) is 13.8. The first kappa shape index (κ1) is 18.4. The lowest BCUT2D eigenvalue weighted by Gasteiger charge is -2.32. The second-order valence-corrected chi connectivity index (χ2v) is 6.65. The largest absolute Gasteiger partial charge is 0.343 e. The maximum atomic E-state index is 12.2. The van der Waals surface area contributed by atoms with Gasteiger partial charge in [-0.3, -0.25) is 4.79 Å². The van der Waals surface area contributed by atoms with Gasteiger partial charge < -0.3 is 10.6 Å². The van der Waals surface area contributed by atoms with E-state index in [9.17, 15) is 4.79 Å². The molecule has 3 nitrogen and oxygen atoms in total. The topological polar surface area (TPSA) is 46.3 Å². The van der Waals surface area contributed by atoms with Crippen molar-refractivity contribution in [3.8, 4) is 0 Å². The van der Waals surface area contributed by atoms with Gasteiger partial charge in [0.2, 0.25) is 5.91 Å². The summed E-state index contributed by atoms with van der Waals surface area (Å²) in [5.41, 5.74) is 5.92. The van der Waals surface area contributed by atoms with Crippen LogP contribution in [0.25, 0.3) is 0 Å². The van der Waals surface area contributed by atoms with Gasteiger partial charge >= 0.3 is 0 Å². The predicted octanol–water partition coefficient (Wildman–Crippen LogP) is 3.42. The Hall–Kier alpha value is -0.570. The van der Waals surface area contributed by atoms with Gasteiger partial charge in [0.05, 0.1) is 0 Å². The summed E-state index contributed by atoms with van der Waals surface area (Å²) in [4.78, 5) is 14.2. The van der Waals surface area contributed by atoms with Gasteiger partial charge in [0, 0.05) is 19.5 Å². The molecule has 114 valence electrons. The summed E-state index contributed by atoms with van der Waals surface area (Å²) in [5.74, 6) is 0.802. The van der Waals surface area contributed by atoms with Crippen molar-refractivity contribution in [1.29, 1.82) is 0 Å². The van der Waals surface area contributed by atoms with Crippen molar-refractivity contribution in [2.75, 3.05) is 13.6 Å². The Morgan fingerprint density at radius 1 is 1.16 bits per heavy atom. The minimum absolute atomic E-state index is 0.229. The van der Waals surface area contributed by atoms with E-state index < -0.39 is 0 Å². The van der Waals surface area contributed by atoms with Gasteiger partial charge in [-0.05, 0) is 43.6 Å². The molecule has 0 saturated carbocycles. The molecule has 3 heteroatoms. The molecule has 0 aromatic carbocycles. The molecule has 0 heterocycles. The summed E-state index contributed by atoms with van der Waals surface area (Å²) >= 11 is 0. The van der Waals surface area contributed by atoms with Crippen molar-refractivity contribution >= 4 is 5.91 Å². The fourth-order valence-corrected chi connectivity index (χ4v) is 2.73. The van der Waals surface area contributed by atoms with Crippen molar-refractivity contribution in [2.45, 2.75) is 72.8 Å². The lowest BCUT2D eigenvalue weighted by molar-refractivity contribution is -0.132. The first-order valence-corrected chi connectivity index (χ1v) is 7.73. The zero-order valence-electron chi connectivity index (χ0n) is 13.8. The zero-order chi connectivity index (χ0) is 15.1. The summed E-state index contributed by atoms with van der Waals surface area (Å²) in [6.45, 7) is 11.7. The lowest BCUT2D eigenvalue weighted by atomic mass is 9.76. The predicted molar refractivity (Wildman–Crippen MR) is 83.0 cm³/mol. The van der Waals surface area contributed by atoms with Crippen LogP contribution >= 0.6 is 0 Å². The molecular formula is C16H34N2O. The maximum Gasteiger partial charge on any atom is 0.222 e. The van der Waals surface area contributed by atoms with Gasteiger partial charge in [0.25, 0.3) is 0 Å². The van der Waals surface area contributed by atoms with Gasteiger partial charge in [-0.15, -0.1) is 0 Å². The minimum atomic E-state index is 0.229. The molecule has 0 fully saturated rings. The number of hydrogen-bond acceptors (Lipinski definition) is 2. The molecule has 0 spiro atoms. The Bertz CT molecular complexity index is 254. The number of carbonyl (C=O) groups is 1. The number of nitrogens with zero attached hydrogens (tertiary/aromatic N) is 1. The van der Waals surface area contributed by atoms with E-state index in [1.54, 1.807) is 0 Å². The van der Waals surface area contributed by atoms with Crippen molar-refractivity contribution in [2.24, 2.45) is 17.1 Å². The van der Waals surface area contributed by atoms with E-state index >= 15 is 0 Å². The summed E-state index contributed by atoms with van der Waals surface area (Å²) in [7, 11) is 1.94. The molecule has 0 aromatic rings. The summed E-state index contributed by atoms with van der Waals surface area (Å²) < 4.78 is 0. The summed E-state index contributed by atoms with van der Waals surface area (Å²) in [6.07, 6.45) is 4.67. The third-order valence-corrected chi connectivity index (χ3v) is 4.33. The van der Waals surface area contributed by atoms with E-state index in [4.69, 9.17) is 5.73 Å². The molecule has 0 aliphatic heterocycles. The van der Waals surface area contributed by atoms with E-state index in [-0.39, 0.29) is 11.3 Å². The van der Waals surface area contributed by atoms with E-state index in [0.717, 1.165) is 25.7 Å². The Morgan fingerprint density at radius 2 is 1.68 bits per heavy atom. The van der Waals surface area contributed by atoms with E-state index in [2.05, 4.69) is 34.6 Å². The van der Waals surface area contributed by atoms with Crippen LogP contribution in [0.3, 0.4) is 0 Å². The van der Waals surface area contributed by atoms with Crippen LogP contribution in [0.2, 0.25) is 0 Å². The molecule has 0 aliphatic carbocycles. The Kier molecular flexibility index (Phi) is 8.31. The van der Waals surface area contributed by atoms with Crippen LogP contribution in [0.4, 0.5) is 0 Å². The molecule has 0 rings (SSSR count). The number of hydrogen-bond donors (Lipinski definition) is 1. The molecule has 0 aromatic heterocycles. The van der Waals surface area contributed by atoms with Crippen LogP contribution in [-0.4, -0.2) is 30.4 Å². The van der Waals surface area contributed by atoms with Crippen molar-refractivity contribution in [3.63, 3.8) is 0 Å². The quantitative estimate of drug-likeness (QED) is 0.734. The Labute approximate surface area is 119 Å². The number of nitrogens with two attached hydrogens (primary N) is 1. The molecule has 19 heavy (non-hydrogen) atoms. The molecule has 0 saturated heterocycles. The van der Waals surface area contributed by atoms with Crippen LogP contribution in [0.5, 0.6) is 0 Å². The van der Waals surface area contributed by atoms with Gasteiger partial charge in [-0.2, -0.15) is 0 Å².